The number of anilines is 1. The molecule has 1 saturated heterocycles. The summed E-state index contributed by atoms with van der Waals surface area (Å²) in [5.74, 6) is 0. The molecule has 2 heterocycles. The number of rotatable bonds is 5. The lowest BCUT2D eigenvalue weighted by molar-refractivity contribution is -0.113. The van der Waals surface area contributed by atoms with Crippen molar-refractivity contribution in [2.24, 2.45) is 5.41 Å². The van der Waals surface area contributed by atoms with Gasteiger partial charge in [0.15, 0.2) is 0 Å². The maximum Gasteiger partial charge on any atom is 0.271 e. The highest BCUT2D eigenvalue weighted by atomic mass is 79.9. The van der Waals surface area contributed by atoms with Gasteiger partial charge in [-0.05, 0) is 35.3 Å². The van der Waals surface area contributed by atoms with Crippen LogP contribution in [0.4, 0.5) is 5.69 Å². The number of halogens is 1. The Hall–Kier alpha value is -0.810. The number of aromatic nitrogens is 1. The van der Waals surface area contributed by atoms with Crippen LogP contribution in [0.1, 0.15) is 27.2 Å². The zero-order valence-corrected chi connectivity index (χ0v) is 13.3. The van der Waals surface area contributed by atoms with Crippen LogP contribution in [0.2, 0.25) is 0 Å². The number of nitrogens with zero attached hydrogens (tertiary/aromatic N) is 1. The molecule has 19 heavy (non-hydrogen) atoms. The summed E-state index contributed by atoms with van der Waals surface area (Å²) in [4.78, 5) is 17.1. The van der Waals surface area contributed by atoms with E-state index in [0.717, 1.165) is 36.3 Å². The maximum atomic E-state index is 12.1. The Balaban J connectivity index is 2.33. The van der Waals surface area contributed by atoms with Crippen molar-refractivity contribution in [3.8, 4) is 0 Å². The molecule has 0 spiro atoms. The summed E-state index contributed by atoms with van der Waals surface area (Å²) < 4.78 is 6.25. The minimum absolute atomic E-state index is 0.0349. The molecule has 1 N–H and O–H groups in total. The van der Waals surface area contributed by atoms with Gasteiger partial charge in [-0.3, -0.25) is 4.79 Å². The normalized spacial score (nSPS) is 18.7. The van der Waals surface area contributed by atoms with Crippen molar-refractivity contribution in [1.82, 2.24) is 4.98 Å². The molecule has 2 rings (SSSR count). The van der Waals surface area contributed by atoms with Crippen molar-refractivity contribution in [3.63, 3.8) is 0 Å². The Morgan fingerprint density at radius 2 is 2.26 bits per heavy atom. The molecule has 0 aromatic carbocycles. The number of ether oxygens (including phenoxy) is 1. The van der Waals surface area contributed by atoms with Gasteiger partial charge < -0.3 is 14.6 Å². The van der Waals surface area contributed by atoms with Gasteiger partial charge in [0.05, 0.1) is 13.2 Å². The van der Waals surface area contributed by atoms with Crippen LogP contribution in [0, 0.1) is 5.41 Å². The standard InChI is InChI=1S/C14H21BrN2O2/c1-4-5-17(10(2)14(3)8-19-9-14)12-6-11(15)7-16-13(12)18/h6-7,10H,4-5,8-9H2,1-3H3,(H,16,18). The summed E-state index contributed by atoms with van der Waals surface area (Å²) in [5, 5.41) is 0. The molecule has 1 atom stereocenters. The molecule has 0 aliphatic carbocycles. The molecule has 1 aliphatic rings. The van der Waals surface area contributed by atoms with Crippen LogP contribution < -0.4 is 10.5 Å². The molecular weight excluding hydrogens is 308 g/mol. The smallest absolute Gasteiger partial charge is 0.271 e. The Kier molecular flexibility index (Phi) is 4.36. The lowest BCUT2D eigenvalue weighted by Gasteiger charge is -2.48. The zero-order chi connectivity index (χ0) is 14.0. The summed E-state index contributed by atoms with van der Waals surface area (Å²) in [6.45, 7) is 8.93. The van der Waals surface area contributed by atoms with Gasteiger partial charge in [-0.1, -0.05) is 13.8 Å². The van der Waals surface area contributed by atoms with Crippen molar-refractivity contribution in [2.45, 2.75) is 33.2 Å². The minimum Gasteiger partial charge on any atom is -0.380 e. The third-order valence-corrected chi connectivity index (χ3v) is 4.42. The number of aromatic amines is 1. The first-order valence-corrected chi connectivity index (χ1v) is 7.50. The molecule has 1 unspecified atom stereocenters. The Morgan fingerprint density at radius 1 is 1.58 bits per heavy atom. The predicted octanol–water partition coefficient (Wildman–Crippen LogP) is 2.78. The van der Waals surface area contributed by atoms with Crippen LogP contribution in [-0.2, 0) is 4.74 Å². The van der Waals surface area contributed by atoms with Crippen molar-refractivity contribution < 1.29 is 4.74 Å². The molecule has 1 fully saturated rings. The molecule has 0 bridgehead atoms. The molecule has 1 aromatic heterocycles. The van der Waals surface area contributed by atoms with Crippen LogP contribution in [0.25, 0.3) is 0 Å². The van der Waals surface area contributed by atoms with Gasteiger partial charge in [-0.25, -0.2) is 0 Å². The lowest BCUT2D eigenvalue weighted by Crippen LogP contribution is -2.56. The fourth-order valence-electron chi connectivity index (χ4n) is 2.46. The summed E-state index contributed by atoms with van der Waals surface area (Å²) in [5.41, 5.74) is 0.827. The van der Waals surface area contributed by atoms with E-state index in [-0.39, 0.29) is 17.0 Å². The van der Waals surface area contributed by atoms with Crippen LogP contribution in [0.3, 0.4) is 0 Å². The van der Waals surface area contributed by atoms with E-state index in [4.69, 9.17) is 4.74 Å². The molecule has 1 aromatic rings. The fourth-order valence-corrected chi connectivity index (χ4v) is 2.80. The van der Waals surface area contributed by atoms with E-state index in [0.29, 0.717) is 0 Å². The fraction of sp³-hybridized carbons (Fsp3) is 0.643. The lowest BCUT2D eigenvalue weighted by atomic mass is 9.80. The zero-order valence-electron chi connectivity index (χ0n) is 11.7. The molecule has 106 valence electrons. The molecular formula is C14H21BrN2O2. The Labute approximate surface area is 122 Å². The number of hydrogen-bond acceptors (Lipinski definition) is 3. The first-order valence-electron chi connectivity index (χ1n) is 6.70. The SMILES string of the molecule is CCCN(c1cc(Br)c[nH]c1=O)C(C)C1(C)COC1. The third-order valence-electron chi connectivity index (χ3n) is 3.96. The number of pyridine rings is 1. The molecule has 1 aliphatic heterocycles. The highest BCUT2D eigenvalue weighted by Gasteiger charge is 2.42. The first-order chi connectivity index (χ1) is 8.98. The largest absolute Gasteiger partial charge is 0.380 e. The van der Waals surface area contributed by atoms with Crippen LogP contribution >= 0.6 is 15.9 Å². The van der Waals surface area contributed by atoms with Gasteiger partial charge in [0.2, 0.25) is 0 Å². The van der Waals surface area contributed by atoms with E-state index in [9.17, 15) is 4.79 Å². The topological polar surface area (TPSA) is 45.3 Å². The van der Waals surface area contributed by atoms with Crippen LogP contribution in [0.15, 0.2) is 21.5 Å². The van der Waals surface area contributed by atoms with Gasteiger partial charge in [0, 0.05) is 28.7 Å². The van der Waals surface area contributed by atoms with Gasteiger partial charge in [-0.15, -0.1) is 0 Å². The van der Waals surface area contributed by atoms with E-state index in [1.54, 1.807) is 6.20 Å². The van der Waals surface area contributed by atoms with E-state index >= 15 is 0 Å². The molecule has 5 heteroatoms. The minimum atomic E-state index is -0.0349. The second kappa shape index (κ2) is 5.67. The summed E-state index contributed by atoms with van der Waals surface area (Å²) in [6.07, 6.45) is 2.68. The van der Waals surface area contributed by atoms with E-state index in [2.05, 4.69) is 46.6 Å². The number of H-pyrrole nitrogens is 1. The molecule has 4 nitrogen and oxygen atoms in total. The van der Waals surface area contributed by atoms with E-state index in [1.165, 1.54) is 0 Å². The van der Waals surface area contributed by atoms with Crippen molar-refractivity contribution in [2.75, 3.05) is 24.7 Å². The monoisotopic (exact) mass is 328 g/mol. The summed E-state index contributed by atoms with van der Waals surface area (Å²) in [6, 6.07) is 2.17. The Morgan fingerprint density at radius 3 is 2.79 bits per heavy atom. The van der Waals surface area contributed by atoms with Gasteiger partial charge in [0.25, 0.3) is 5.56 Å². The maximum absolute atomic E-state index is 12.1. The average Bonchev–Trinajstić information content (AvgIpc) is 2.35. The van der Waals surface area contributed by atoms with Crippen molar-refractivity contribution in [1.29, 1.82) is 0 Å². The highest BCUT2D eigenvalue weighted by molar-refractivity contribution is 9.10. The molecule has 0 amide bonds. The predicted molar refractivity (Wildman–Crippen MR) is 80.8 cm³/mol. The van der Waals surface area contributed by atoms with Crippen molar-refractivity contribution in [3.05, 3.63) is 27.1 Å². The molecule has 0 saturated carbocycles. The van der Waals surface area contributed by atoms with Gasteiger partial charge >= 0.3 is 0 Å². The molecule has 0 radical (unpaired) electrons. The third kappa shape index (κ3) is 2.87. The summed E-state index contributed by atoms with van der Waals surface area (Å²) >= 11 is 3.42. The number of nitrogens with one attached hydrogen (secondary N) is 1. The summed E-state index contributed by atoms with van der Waals surface area (Å²) in [7, 11) is 0. The first kappa shape index (κ1) is 14.6. The Bertz CT molecular complexity index is 496. The van der Waals surface area contributed by atoms with Crippen LogP contribution in [-0.4, -0.2) is 30.8 Å². The number of hydrogen-bond donors (Lipinski definition) is 1. The average molecular weight is 329 g/mol. The second-order valence-corrected chi connectivity index (χ2v) is 6.46. The van der Waals surface area contributed by atoms with Crippen molar-refractivity contribution >= 4 is 21.6 Å². The van der Waals surface area contributed by atoms with E-state index < -0.39 is 0 Å². The van der Waals surface area contributed by atoms with E-state index in [1.807, 2.05) is 6.07 Å². The highest BCUT2D eigenvalue weighted by Crippen LogP contribution is 2.35. The van der Waals surface area contributed by atoms with Gasteiger partial charge in [0.1, 0.15) is 5.69 Å². The quantitative estimate of drug-likeness (QED) is 0.903. The van der Waals surface area contributed by atoms with Gasteiger partial charge in [-0.2, -0.15) is 0 Å². The second-order valence-electron chi connectivity index (χ2n) is 5.55. The van der Waals surface area contributed by atoms with Crippen LogP contribution in [0.5, 0.6) is 0 Å².